The fourth-order valence-electron chi connectivity index (χ4n) is 1.85. The Kier molecular flexibility index (Phi) is 3.81. The van der Waals surface area contributed by atoms with Gasteiger partial charge in [0.2, 0.25) is 0 Å². The lowest BCUT2D eigenvalue weighted by Crippen LogP contribution is -2.11. The van der Waals surface area contributed by atoms with Gasteiger partial charge in [0.1, 0.15) is 16.5 Å². The maximum atomic E-state index is 12.8. The number of halogens is 1. The normalized spacial score (nSPS) is 11.4. The van der Waals surface area contributed by atoms with Gasteiger partial charge in [-0.25, -0.2) is 4.39 Å². The van der Waals surface area contributed by atoms with Crippen LogP contribution in [0, 0.1) is 26.6 Å². The quantitative estimate of drug-likeness (QED) is 0.813. The molecule has 2 aromatic rings. The highest BCUT2D eigenvalue weighted by molar-refractivity contribution is 7.87. The van der Waals surface area contributed by atoms with E-state index in [1.165, 1.54) is 12.1 Å². The van der Waals surface area contributed by atoms with Crippen molar-refractivity contribution in [3.05, 3.63) is 58.9 Å². The van der Waals surface area contributed by atoms with Gasteiger partial charge in [0.25, 0.3) is 0 Å². The van der Waals surface area contributed by atoms with Crippen LogP contribution in [0.1, 0.15) is 16.7 Å². The summed E-state index contributed by atoms with van der Waals surface area (Å²) in [6.45, 7) is 5.55. The van der Waals surface area contributed by atoms with Gasteiger partial charge >= 0.3 is 10.1 Å². The van der Waals surface area contributed by atoms with E-state index < -0.39 is 15.9 Å². The molecule has 106 valence electrons. The van der Waals surface area contributed by atoms with Crippen LogP contribution in [-0.4, -0.2) is 8.42 Å². The van der Waals surface area contributed by atoms with E-state index in [0.717, 1.165) is 28.8 Å². The molecule has 0 saturated carbocycles. The average Bonchev–Trinajstić information content (AvgIpc) is 2.35. The molecular weight excluding hydrogens is 279 g/mol. The molecule has 0 atom stereocenters. The van der Waals surface area contributed by atoms with Crippen LogP contribution < -0.4 is 4.18 Å². The van der Waals surface area contributed by atoms with E-state index in [4.69, 9.17) is 4.18 Å². The molecule has 5 heteroatoms. The summed E-state index contributed by atoms with van der Waals surface area (Å²) < 4.78 is 42.3. The highest BCUT2D eigenvalue weighted by Crippen LogP contribution is 2.26. The first kappa shape index (κ1) is 14.5. The second-order valence-corrected chi connectivity index (χ2v) is 6.24. The molecule has 0 aliphatic carbocycles. The van der Waals surface area contributed by atoms with Crippen LogP contribution in [-0.2, 0) is 10.1 Å². The van der Waals surface area contributed by atoms with Gasteiger partial charge in [-0.15, -0.1) is 0 Å². The highest BCUT2D eigenvalue weighted by atomic mass is 32.2. The summed E-state index contributed by atoms with van der Waals surface area (Å²) in [4.78, 5) is -0.0718. The van der Waals surface area contributed by atoms with Gasteiger partial charge in [0.15, 0.2) is 0 Å². The van der Waals surface area contributed by atoms with E-state index in [1.54, 1.807) is 13.0 Å². The molecule has 0 amide bonds. The minimum absolute atomic E-state index is 0.0718. The number of hydrogen-bond acceptors (Lipinski definition) is 3. The smallest absolute Gasteiger partial charge is 0.339 e. The van der Waals surface area contributed by atoms with E-state index >= 15 is 0 Å². The first-order valence-electron chi connectivity index (χ1n) is 6.07. The molecule has 0 saturated heterocycles. The average molecular weight is 294 g/mol. The van der Waals surface area contributed by atoms with Gasteiger partial charge in [-0.05, 0) is 67.8 Å². The van der Waals surface area contributed by atoms with Crippen LogP contribution in [0.25, 0.3) is 0 Å². The molecule has 0 spiro atoms. The molecule has 0 aromatic heterocycles. The zero-order valence-corrected chi connectivity index (χ0v) is 12.3. The molecule has 20 heavy (non-hydrogen) atoms. The lowest BCUT2D eigenvalue weighted by atomic mass is 10.1. The zero-order chi connectivity index (χ0) is 14.9. The Balaban J connectivity index is 2.41. The summed E-state index contributed by atoms with van der Waals surface area (Å²) in [6.07, 6.45) is 0. The first-order chi connectivity index (χ1) is 9.29. The van der Waals surface area contributed by atoms with Crippen LogP contribution >= 0.6 is 0 Å². The molecule has 0 fully saturated rings. The largest absolute Gasteiger partial charge is 0.379 e. The fraction of sp³-hybridized carbons (Fsp3) is 0.200. The predicted molar refractivity (Wildman–Crippen MR) is 74.9 cm³/mol. The lowest BCUT2D eigenvalue weighted by Gasteiger charge is -2.12. The second kappa shape index (κ2) is 5.25. The molecule has 0 unspecified atom stereocenters. The van der Waals surface area contributed by atoms with Crippen molar-refractivity contribution in [3.63, 3.8) is 0 Å². The van der Waals surface area contributed by atoms with Crippen molar-refractivity contribution in [2.24, 2.45) is 0 Å². The Hall–Kier alpha value is -1.88. The Morgan fingerprint density at radius 3 is 2.20 bits per heavy atom. The van der Waals surface area contributed by atoms with Crippen molar-refractivity contribution in [2.75, 3.05) is 0 Å². The summed E-state index contributed by atoms with van der Waals surface area (Å²) in [5.74, 6) is -0.196. The van der Waals surface area contributed by atoms with Gasteiger partial charge in [-0.3, -0.25) is 0 Å². The zero-order valence-electron chi connectivity index (χ0n) is 11.5. The van der Waals surface area contributed by atoms with Crippen molar-refractivity contribution in [1.29, 1.82) is 0 Å². The van der Waals surface area contributed by atoms with Crippen LogP contribution in [0.5, 0.6) is 5.75 Å². The predicted octanol–water partition coefficient (Wildman–Crippen LogP) is 3.52. The third kappa shape index (κ3) is 2.99. The third-order valence-corrected chi connectivity index (χ3v) is 4.31. The first-order valence-corrected chi connectivity index (χ1v) is 7.48. The number of hydrogen-bond donors (Lipinski definition) is 0. The van der Waals surface area contributed by atoms with Gasteiger partial charge < -0.3 is 4.18 Å². The van der Waals surface area contributed by atoms with E-state index in [9.17, 15) is 12.8 Å². The molecule has 0 aliphatic rings. The molecule has 0 aliphatic heterocycles. The van der Waals surface area contributed by atoms with Crippen molar-refractivity contribution in [2.45, 2.75) is 25.7 Å². The molecule has 2 aromatic carbocycles. The Labute approximate surface area is 118 Å². The molecular formula is C15H15FO3S. The summed E-state index contributed by atoms with van der Waals surface area (Å²) in [7, 11) is -3.95. The number of aryl methyl sites for hydroxylation is 2. The van der Waals surface area contributed by atoms with Crippen molar-refractivity contribution in [1.82, 2.24) is 0 Å². The monoisotopic (exact) mass is 294 g/mol. The van der Waals surface area contributed by atoms with Gasteiger partial charge in [0.05, 0.1) is 0 Å². The van der Waals surface area contributed by atoms with Crippen molar-refractivity contribution < 1.29 is 17.0 Å². The number of rotatable bonds is 3. The molecule has 0 heterocycles. The lowest BCUT2D eigenvalue weighted by molar-refractivity contribution is 0.483. The van der Waals surface area contributed by atoms with Crippen LogP contribution in [0.15, 0.2) is 41.3 Å². The Morgan fingerprint density at radius 2 is 1.60 bits per heavy atom. The van der Waals surface area contributed by atoms with Crippen LogP contribution in [0.4, 0.5) is 4.39 Å². The van der Waals surface area contributed by atoms with E-state index in [-0.39, 0.29) is 4.90 Å². The third-order valence-electron chi connectivity index (χ3n) is 3.07. The Morgan fingerprint density at radius 1 is 1.00 bits per heavy atom. The van der Waals surface area contributed by atoms with E-state index in [1.807, 2.05) is 19.9 Å². The van der Waals surface area contributed by atoms with Gasteiger partial charge in [-0.2, -0.15) is 8.42 Å². The minimum Gasteiger partial charge on any atom is -0.379 e. The summed E-state index contributed by atoms with van der Waals surface area (Å²) in [5.41, 5.74) is 2.63. The van der Waals surface area contributed by atoms with Crippen LogP contribution in [0.3, 0.4) is 0 Å². The molecule has 0 bridgehead atoms. The topological polar surface area (TPSA) is 43.4 Å². The minimum atomic E-state index is -3.95. The number of benzene rings is 2. The standard InChI is InChI=1S/C15H15FO3S/c1-10-8-11(2)12(3)15(9-10)19-20(17,18)14-6-4-13(16)5-7-14/h4-9H,1-3H3. The Bertz CT molecular complexity index is 734. The second-order valence-electron chi connectivity index (χ2n) is 4.70. The fourth-order valence-corrected chi connectivity index (χ4v) is 2.83. The molecule has 0 radical (unpaired) electrons. The maximum absolute atomic E-state index is 12.8. The van der Waals surface area contributed by atoms with Gasteiger partial charge in [0, 0.05) is 0 Å². The molecule has 2 rings (SSSR count). The van der Waals surface area contributed by atoms with Crippen molar-refractivity contribution in [3.8, 4) is 5.75 Å². The van der Waals surface area contributed by atoms with Gasteiger partial charge in [-0.1, -0.05) is 6.07 Å². The molecule has 3 nitrogen and oxygen atoms in total. The van der Waals surface area contributed by atoms with E-state index in [2.05, 4.69) is 0 Å². The van der Waals surface area contributed by atoms with E-state index in [0.29, 0.717) is 5.75 Å². The summed E-state index contributed by atoms with van der Waals surface area (Å²) in [5, 5.41) is 0. The van der Waals surface area contributed by atoms with Crippen LogP contribution in [0.2, 0.25) is 0 Å². The highest BCUT2D eigenvalue weighted by Gasteiger charge is 2.18. The van der Waals surface area contributed by atoms with Crippen molar-refractivity contribution >= 4 is 10.1 Å². The molecule has 0 N–H and O–H groups in total. The SMILES string of the molecule is Cc1cc(C)c(C)c(OS(=O)(=O)c2ccc(F)cc2)c1. The summed E-state index contributed by atoms with van der Waals surface area (Å²) >= 11 is 0. The maximum Gasteiger partial charge on any atom is 0.339 e. The summed E-state index contributed by atoms with van der Waals surface area (Å²) in [6, 6.07) is 8.16.